The summed E-state index contributed by atoms with van der Waals surface area (Å²) in [6.07, 6.45) is 3.70. The highest BCUT2D eigenvalue weighted by Gasteiger charge is 2.28. The quantitative estimate of drug-likeness (QED) is 0.196. The maximum atomic E-state index is 14.8. The van der Waals surface area contributed by atoms with Crippen molar-refractivity contribution in [2.45, 2.75) is 33.0 Å². The Labute approximate surface area is 296 Å². The second-order valence-corrected chi connectivity index (χ2v) is 12.7. The lowest BCUT2D eigenvalue weighted by Crippen LogP contribution is -2.36. The van der Waals surface area contributed by atoms with Crippen LogP contribution in [0.3, 0.4) is 0 Å². The van der Waals surface area contributed by atoms with Crippen LogP contribution in [0.25, 0.3) is 27.9 Å². The number of benzene rings is 3. The van der Waals surface area contributed by atoms with Gasteiger partial charge in [0.15, 0.2) is 5.65 Å². The molecule has 0 N–H and O–H groups in total. The Kier molecular flexibility index (Phi) is 8.25. The van der Waals surface area contributed by atoms with Crippen molar-refractivity contribution >= 4 is 28.1 Å². The van der Waals surface area contributed by atoms with Crippen LogP contribution in [0.2, 0.25) is 0 Å². The first-order valence-corrected chi connectivity index (χ1v) is 16.7. The molecule has 1 amide bonds. The number of nitrogens with zero attached hydrogens (tertiary/aromatic N) is 7. The molecule has 0 fully saturated rings. The number of carbonyl (C=O) groups excluding carboxylic acids is 1. The fourth-order valence-electron chi connectivity index (χ4n) is 7.12. The summed E-state index contributed by atoms with van der Waals surface area (Å²) in [7, 11) is 3.14. The maximum absolute atomic E-state index is 14.8. The SMILES string of the molecule is COc1ccc(Cn2c(=O)n(-c3ccc(C(=O)N4CCc5c(n(Cc6ccc(F)cc6F)c6ncccc56)C4)cc3)c3c(C)ncnc32)c(OC)c1. The number of hydrogen-bond acceptors (Lipinski definition) is 7. The van der Waals surface area contributed by atoms with Gasteiger partial charge in [0, 0.05) is 52.6 Å². The Morgan fingerprint density at radius 3 is 2.42 bits per heavy atom. The number of imidazole rings is 1. The molecule has 1 aliphatic heterocycles. The molecule has 52 heavy (non-hydrogen) atoms. The summed E-state index contributed by atoms with van der Waals surface area (Å²) in [5, 5.41) is 0.950. The van der Waals surface area contributed by atoms with E-state index in [1.54, 1.807) is 64.8 Å². The number of hydrogen-bond donors (Lipinski definition) is 0. The second-order valence-electron chi connectivity index (χ2n) is 12.7. The number of amides is 1. The average molecular weight is 702 g/mol. The summed E-state index contributed by atoms with van der Waals surface area (Å²) in [6, 6.07) is 19.7. The van der Waals surface area contributed by atoms with Gasteiger partial charge in [0.1, 0.15) is 40.6 Å². The first kappa shape index (κ1) is 32.8. The molecule has 0 aliphatic carbocycles. The van der Waals surface area contributed by atoms with E-state index in [4.69, 9.17) is 9.47 Å². The minimum atomic E-state index is -0.644. The third-order valence-corrected chi connectivity index (χ3v) is 9.73. The van der Waals surface area contributed by atoms with Crippen LogP contribution in [0.1, 0.15) is 38.4 Å². The van der Waals surface area contributed by atoms with Crippen LogP contribution in [0.5, 0.6) is 11.5 Å². The van der Waals surface area contributed by atoms with Gasteiger partial charge in [-0.25, -0.2) is 28.5 Å². The van der Waals surface area contributed by atoms with Gasteiger partial charge in [0.2, 0.25) is 0 Å². The van der Waals surface area contributed by atoms with Gasteiger partial charge in [0.25, 0.3) is 5.91 Å². The van der Waals surface area contributed by atoms with Crippen LogP contribution < -0.4 is 15.2 Å². The Morgan fingerprint density at radius 1 is 0.865 bits per heavy atom. The molecular weight excluding hydrogens is 668 g/mol. The number of fused-ring (bicyclic) bond motifs is 4. The Bertz CT molecular complexity index is 2580. The van der Waals surface area contributed by atoms with Crippen molar-refractivity contribution in [3.63, 3.8) is 0 Å². The molecule has 0 atom stereocenters. The third kappa shape index (κ3) is 5.54. The van der Waals surface area contributed by atoms with Crippen molar-refractivity contribution in [2.75, 3.05) is 20.8 Å². The summed E-state index contributed by atoms with van der Waals surface area (Å²) in [4.78, 5) is 43.2. The topological polar surface area (TPSA) is 109 Å². The van der Waals surface area contributed by atoms with Crippen LogP contribution in [0.15, 0.2) is 90.1 Å². The number of ether oxygens (including phenoxy) is 2. The smallest absolute Gasteiger partial charge is 0.335 e. The van der Waals surface area contributed by atoms with Crippen LogP contribution in [0.4, 0.5) is 8.78 Å². The highest BCUT2D eigenvalue weighted by molar-refractivity contribution is 5.95. The lowest BCUT2D eigenvalue weighted by Gasteiger charge is -2.29. The highest BCUT2D eigenvalue weighted by atomic mass is 19.1. The second kappa shape index (κ2) is 13.1. The first-order chi connectivity index (χ1) is 25.2. The van der Waals surface area contributed by atoms with E-state index in [0.29, 0.717) is 63.8 Å². The van der Waals surface area contributed by atoms with Gasteiger partial charge in [-0.2, -0.15) is 0 Å². The number of methoxy groups -OCH3 is 2. The Hall–Kier alpha value is -6.37. The van der Waals surface area contributed by atoms with E-state index in [2.05, 4.69) is 15.0 Å². The summed E-state index contributed by atoms with van der Waals surface area (Å²) in [6.45, 7) is 2.92. The standard InChI is InChI=1S/C39H33F2N7O4/c1-23-35-37(44-22-43-23)47(20-26-9-13-29(51-2)18-34(26)52-3)39(50)48(35)28-11-7-24(8-12-28)38(49)45-16-14-30-31-5-4-15-42-36(31)46(33(30)21-45)19-25-6-10-27(40)17-32(25)41/h4-13,15,17-18,22H,14,16,19-21H2,1-3H3. The van der Waals surface area contributed by atoms with E-state index in [1.165, 1.54) is 18.5 Å². The minimum absolute atomic E-state index is 0.141. The summed E-state index contributed by atoms with van der Waals surface area (Å²) < 4.78 is 44.4. The Balaban J connectivity index is 1.11. The van der Waals surface area contributed by atoms with E-state index in [-0.39, 0.29) is 31.2 Å². The summed E-state index contributed by atoms with van der Waals surface area (Å²) in [5.74, 6) is -0.261. The fourth-order valence-corrected chi connectivity index (χ4v) is 7.12. The van der Waals surface area contributed by atoms with Crippen LogP contribution in [-0.4, -0.2) is 60.2 Å². The van der Waals surface area contributed by atoms with Crippen molar-refractivity contribution in [1.29, 1.82) is 0 Å². The molecule has 3 aromatic carbocycles. The molecule has 0 bridgehead atoms. The van der Waals surface area contributed by atoms with Crippen molar-refractivity contribution in [3.05, 3.63) is 141 Å². The third-order valence-electron chi connectivity index (χ3n) is 9.73. The van der Waals surface area contributed by atoms with Crippen molar-refractivity contribution in [2.24, 2.45) is 0 Å². The normalized spacial score (nSPS) is 12.8. The molecule has 0 saturated carbocycles. The summed E-state index contributed by atoms with van der Waals surface area (Å²) in [5.41, 5.74) is 6.02. The van der Waals surface area contributed by atoms with E-state index in [0.717, 1.165) is 28.3 Å². The molecule has 13 heteroatoms. The molecule has 1 aliphatic rings. The number of aromatic nitrogens is 6. The van der Waals surface area contributed by atoms with E-state index in [1.807, 2.05) is 35.8 Å². The molecule has 4 aromatic heterocycles. The molecule has 0 saturated heterocycles. The number of halogens is 2. The molecule has 0 unspecified atom stereocenters. The van der Waals surface area contributed by atoms with E-state index < -0.39 is 11.6 Å². The van der Waals surface area contributed by atoms with Crippen molar-refractivity contribution in [3.8, 4) is 17.2 Å². The molecule has 0 radical (unpaired) electrons. The zero-order valence-corrected chi connectivity index (χ0v) is 28.6. The monoisotopic (exact) mass is 701 g/mol. The average Bonchev–Trinajstić information content (AvgIpc) is 3.63. The van der Waals surface area contributed by atoms with E-state index in [9.17, 15) is 18.4 Å². The lowest BCUT2D eigenvalue weighted by atomic mass is 10.0. The van der Waals surface area contributed by atoms with Crippen LogP contribution in [0, 0.1) is 18.6 Å². The first-order valence-electron chi connectivity index (χ1n) is 16.7. The molecule has 0 spiro atoms. The largest absolute Gasteiger partial charge is 0.497 e. The Morgan fingerprint density at radius 2 is 1.65 bits per heavy atom. The molecule has 5 heterocycles. The van der Waals surface area contributed by atoms with Gasteiger partial charge in [0.05, 0.1) is 45.2 Å². The highest BCUT2D eigenvalue weighted by Crippen LogP contribution is 2.32. The van der Waals surface area contributed by atoms with Crippen molar-refractivity contribution < 1.29 is 23.0 Å². The summed E-state index contributed by atoms with van der Waals surface area (Å²) >= 11 is 0. The lowest BCUT2D eigenvalue weighted by molar-refractivity contribution is 0.0730. The fraction of sp³-hybridized carbons (Fsp3) is 0.205. The van der Waals surface area contributed by atoms with Crippen molar-refractivity contribution in [1.82, 2.24) is 33.6 Å². The number of pyridine rings is 1. The zero-order chi connectivity index (χ0) is 36.1. The molecule has 11 nitrogen and oxygen atoms in total. The minimum Gasteiger partial charge on any atom is -0.497 e. The number of aryl methyl sites for hydroxylation is 1. The zero-order valence-electron chi connectivity index (χ0n) is 28.6. The molecule has 8 rings (SSSR count). The van der Waals surface area contributed by atoms with Crippen LogP contribution in [-0.2, 0) is 26.1 Å². The predicted octanol–water partition coefficient (Wildman–Crippen LogP) is 5.83. The number of carbonyl (C=O) groups is 1. The predicted molar refractivity (Wildman–Crippen MR) is 190 cm³/mol. The van der Waals surface area contributed by atoms with Gasteiger partial charge in [-0.1, -0.05) is 6.07 Å². The van der Waals surface area contributed by atoms with Gasteiger partial charge in [-0.05, 0) is 73.5 Å². The molecule has 7 aromatic rings. The van der Waals surface area contributed by atoms with Gasteiger partial charge < -0.3 is 18.9 Å². The number of rotatable bonds is 8. The van der Waals surface area contributed by atoms with Gasteiger partial charge in [-0.15, -0.1) is 0 Å². The van der Waals surface area contributed by atoms with E-state index >= 15 is 0 Å². The van der Waals surface area contributed by atoms with Crippen LogP contribution >= 0.6 is 0 Å². The van der Waals surface area contributed by atoms with Gasteiger partial charge in [-0.3, -0.25) is 13.9 Å². The van der Waals surface area contributed by atoms with Gasteiger partial charge >= 0.3 is 5.69 Å². The molecular formula is C39H33F2N7O4. The molecule has 262 valence electrons. The maximum Gasteiger partial charge on any atom is 0.335 e.